The summed E-state index contributed by atoms with van der Waals surface area (Å²) in [6.45, 7) is 2.15. The largest absolute Gasteiger partial charge is 0.497 e. The van der Waals surface area contributed by atoms with Crippen LogP contribution in [0.2, 0.25) is 0 Å². The topological polar surface area (TPSA) is 0 Å². The van der Waals surface area contributed by atoms with Crippen molar-refractivity contribution in [3.05, 3.63) is 11.6 Å². The van der Waals surface area contributed by atoms with Crippen LogP contribution < -0.4 is 0 Å². The second-order valence-electron chi connectivity index (χ2n) is 1.81. The van der Waals surface area contributed by atoms with Gasteiger partial charge in [-0.1, -0.05) is 19.8 Å². The van der Waals surface area contributed by atoms with E-state index in [1.807, 2.05) is 0 Å². The van der Waals surface area contributed by atoms with Gasteiger partial charge in [0.05, 0.1) is 0 Å². The first kappa shape index (κ1) is 7.84. The van der Waals surface area contributed by atoms with Crippen molar-refractivity contribution in [2.45, 2.75) is 26.2 Å². The normalized spacial score (nSPS) is 18.1. The van der Waals surface area contributed by atoms with Crippen LogP contribution in [-0.4, -0.2) is 0 Å². The predicted molar refractivity (Wildman–Crippen MR) is 26.3 cm³/mol. The molecule has 7 heavy (non-hydrogen) atoms. The number of hydrogen-bond donors (Lipinski definition) is 0. The van der Waals surface area contributed by atoms with E-state index in [1.54, 1.807) is 0 Å². The molecule has 0 unspecified atom stereocenters. The molecule has 0 bridgehead atoms. The molecule has 1 heteroatoms. The summed E-state index contributed by atoms with van der Waals surface area (Å²) in [5, 5.41) is 0. The molecule has 0 nitrogen and oxygen atoms in total. The van der Waals surface area contributed by atoms with E-state index in [0.717, 1.165) is 0 Å². The minimum Gasteiger partial charge on any atom is -0.497 e. The van der Waals surface area contributed by atoms with Gasteiger partial charge in [0.25, 0.3) is 0 Å². The molecule has 0 spiro atoms. The summed E-state index contributed by atoms with van der Waals surface area (Å²) in [5.74, 6) is 0. The average Bonchev–Trinajstić information content (AvgIpc) is 1.86. The van der Waals surface area contributed by atoms with Gasteiger partial charge in [0.15, 0.2) is 0 Å². The fourth-order valence-corrected chi connectivity index (χ4v) is 0.744. The molecule has 1 aliphatic carbocycles. The first-order chi connectivity index (χ1) is 2.89. The second kappa shape index (κ2) is 3.80. The Morgan fingerprint density at radius 1 is 1.57 bits per heavy atom. The van der Waals surface area contributed by atoms with Gasteiger partial charge in [-0.25, -0.2) is 0 Å². The Labute approximate surface area is 70.3 Å². The Kier molecular flexibility index (Phi) is 4.26. The smallest absolute Gasteiger partial charge is 0 e. The van der Waals surface area contributed by atoms with Crippen molar-refractivity contribution >= 4 is 0 Å². The predicted octanol–water partition coefficient (Wildman–Crippen LogP) is 1.92. The molecule has 0 aromatic rings. The fourth-order valence-electron chi connectivity index (χ4n) is 0.744. The van der Waals surface area contributed by atoms with Crippen molar-refractivity contribution in [2.75, 3.05) is 0 Å². The standard InChI is InChI=1S/C6H9.Y/c1-6-4-2-3-5-6;/h2-4H2,1H3;/q-1;. The third kappa shape index (κ3) is 2.61. The molecule has 1 aliphatic rings. The van der Waals surface area contributed by atoms with E-state index in [0.29, 0.717) is 0 Å². The van der Waals surface area contributed by atoms with E-state index < -0.39 is 0 Å². The summed E-state index contributed by atoms with van der Waals surface area (Å²) in [7, 11) is 0. The molecule has 0 aliphatic heterocycles. The first-order valence-corrected chi connectivity index (χ1v) is 2.46. The second-order valence-corrected chi connectivity index (χ2v) is 1.81. The van der Waals surface area contributed by atoms with Crippen molar-refractivity contribution in [3.8, 4) is 0 Å². The molecule has 1 radical (unpaired) electrons. The molecule has 0 aromatic heterocycles. The number of rotatable bonds is 0. The van der Waals surface area contributed by atoms with Crippen molar-refractivity contribution in [1.29, 1.82) is 0 Å². The van der Waals surface area contributed by atoms with Gasteiger partial charge in [-0.2, -0.15) is 6.42 Å². The number of allylic oxidation sites excluding steroid dienone is 2. The average molecular weight is 170 g/mol. The van der Waals surface area contributed by atoms with Crippen LogP contribution in [0.4, 0.5) is 0 Å². The summed E-state index contributed by atoms with van der Waals surface area (Å²) >= 11 is 0. The third-order valence-electron chi connectivity index (χ3n) is 1.16. The van der Waals surface area contributed by atoms with Crippen molar-refractivity contribution < 1.29 is 32.7 Å². The molecule has 0 heterocycles. The SMILES string of the molecule is CC1=[C-]CCC1.[Y]. The van der Waals surface area contributed by atoms with Gasteiger partial charge >= 0.3 is 0 Å². The molecule has 0 N–H and O–H groups in total. The molecular weight excluding hydrogens is 161 g/mol. The van der Waals surface area contributed by atoms with Crippen LogP contribution >= 0.6 is 0 Å². The van der Waals surface area contributed by atoms with Crippen LogP contribution in [0.1, 0.15) is 26.2 Å². The maximum atomic E-state index is 3.24. The Bertz CT molecular complexity index is 74.2. The van der Waals surface area contributed by atoms with Gasteiger partial charge in [-0.3, -0.25) is 5.57 Å². The molecular formula is C6H9Y-. The van der Waals surface area contributed by atoms with E-state index in [-0.39, 0.29) is 32.7 Å². The van der Waals surface area contributed by atoms with Gasteiger partial charge in [0.2, 0.25) is 0 Å². The molecule has 0 amide bonds. The Hall–Kier alpha value is 0.844. The van der Waals surface area contributed by atoms with Gasteiger partial charge in [-0.05, 0) is 0 Å². The van der Waals surface area contributed by atoms with Gasteiger partial charge < -0.3 is 6.08 Å². The number of hydrogen-bond acceptors (Lipinski definition) is 0. The van der Waals surface area contributed by atoms with Gasteiger partial charge in [-0.15, -0.1) is 0 Å². The molecule has 0 atom stereocenters. The van der Waals surface area contributed by atoms with Crippen molar-refractivity contribution in [2.24, 2.45) is 0 Å². The summed E-state index contributed by atoms with van der Waals surface area (Å²) < 4.78 is 0. The van der Waals surface area contributed by atoms with Crippen LogP contribution in [-0.2, 0) is 32.7 Å². The Morgan fingerprint density at radius 2 is 2.29 bits per heavy atom. The fraction of sp³-hybridized carbons (Fsp3) is 0.667. The van der Waals surface area contributed by atoms with Crippen LogP contribution in [0.5, 0.6) is 0 Å². The zero-order chi connectivity index (χ0) is 4.41. The summed E-state index contributed by atoms with van der Waals surface area (Å²) in [6.07, 6.45) is 7.07. The molecule has 0 saturated carbocycles. The quantitative estimate of drug-likeness (QED) is 0.487. The Balaban J connectivity index is 0.000000360. The van der Waals surface area contributed by atoms with E-state index in [1.165, 1.54) is 24.8 Å². The monoisotopic (exact) mass is 170 g/mol. The zero-order valence-electron chi connectivity index (χ0n) is 4.70. The zero-order valence-corrected chi connectivity index (χ0v) is 7.54. The third-order valence-corrected chi connectivity index (χ3v) is 1.16. The van der Waals surface area contributed by atoms with E-state index >= 15 is 0 Å². The summed E-state index contributed by atoms with van der Waals surface area (Å²) in [4.78, 5) is 0. The molecule has 0 saturated heterocycles. The van der Waals surface area contributed by atoms with Crippen molar-refractivity contribution in [3.63, 3.8) is 0 Å². The molecule has 1 rings (SSSR count). The minimum absolute atomic E-state index is 0. The van der Waals surface area contributed by atoms with E-state index in [9.17, 15) is 0 Å². The van der Waals surface area contributed by atoms with Gasteiger partial charge in [0, 0.05) is 32.7 Å². The van der Waals surface area contributed by atoms with Crippen LogP contribution in [0.3, 0.4) is 0 Å². The molecule has 0 aromatic carbocycles. The Morgan fingerprint density at radius 3 is 2.43 bits per heavy atom. The van der Waals surface area contributed by atoms with E-state index in [2.05, 4.69) is 13.0 Å². The van der Waals surface area contributed by atoms with E-state index in [4.69, 9.17) is 0 Å². The van der Waals surface area contributed by atoms with Crippen molar-refractivity contribution in [1.82, 2.24) is 0 Å². The van der Waals surface area contributed by atoms with Gasteiger partial charge in [0.1, 0.15) is 0 Å². The molecule has 0 fully saturated rings. The van der Waals surface area contributed by atoms with Crippen LogP contribution in [0, 0.1) is 6.08 Å². The molecule has 37 valence electrons. The first-order valence-electron chi connectivity index (χ1n) is 2.46. The van der Waals surface area contributed by atoms with Crippen LogP contribution in [0.15, 0.2) is 5.57 Å². The minimum atomic E-state index is 0. The summed E-state index contributed by atoms with van der Waals surface area (Å²) in [6, 6.07) is 0. The maximum Gasteiger partial charge on any atom is 0 e. The maximum absolute atomic E-state index is 3.24. The summed E-state index contributed by atoms with van der Waals surface area (Å²) in [5.41, 5.74) is 1.45. The van der Waals surface area contributed by atoms with Crippen LogP contribution in [0.25, 0.3) is 0 Å².